The molecule has 4 rings (SSSR count). The molecule has 3 aromatic rings. The van der Waals surface area contributed by atoms with Gasteiger partial charge in [-0.2, -0.15) is 0 Å². The number of imidazole rings is 1. The van der Waals surface area contributed by atoms with E-state index >= 15 is 0 Å². The number of carbonyl (C=O) groups is 2. The van der Waals surface area contributed by atoms with Gasteiger partial charge in [-0.3, -0.25) is 9.59 Å². The molecule has 1 amide bonds. The molecule has 0 radical (unpaired) electrons. The van der Waals surface area contributed by atoms with Crippen LogP contribution in [0, 0.1) is 10.8 Å². The molecule has 0 fully saturated rings. The summed E-state index contributed by atoms with van der Waals surface area (Å²) in [4.78, 5) is 32.6. The van der Waals surface area contributed by atoms with E-state index in [2.05, 4.69) is 15.3 Å². The average Bonchev–Trinajstić information content (AvgIpc) is 3.22. The number of hydrogen-bond donors (Lipinski definition) is 3. The van der Waals surface area contributed by atoms with Crippen molar-refractivity contribution in [1.29, 1.82) is 5.41 Å². The van der Waals surface area contributed by atoms with Crippen molar-refractivity contribution in [3.63, 3.8) is 0 Å². The third-order valence-electron chi connectivity index (χ3n) is 5.38. The molecule has 6 heteroatoms. The fourth-order valence-electron chi connectivity index (χ4n) is 3.87. The van der Waals surface area contributed by atoms with Gasteiger partial charge < -0.3 is 15.7 Å². The smallest absolute Gasteiger partial charge is 0.224 e. The standard InChI is InChI=1S/C28H28N4O2/c1-28(2,3)16-26(34)31-20-11-7-8-18(12-20)13-21-17-30-27(32-21)23-15-25(33)22(14-24(23)29)19-9-5-4-6-10-19/h4-12,14-15,17,29H,13,16H2,1-3H3,(H,30,32)(H,31,34). The Bertz CT molecular complexity index is 1310. The molecule has 1 aliphatic carbocycles. The number of amides is 1. The van der Waals surface area contributed by atoms with Crippen LogP contribution in [0.5, 0.6) is 0 Å². The number of H-pyrrole nitrogens is 1. The van der Waals surface area contributed by atoms with Gasteiger partial charge in [0.15, 0.2) is 5.78 Å². The summed E-state index contributed by atoms with van der Waals surface area (Å²) in [6.45, 7) is 6.10. The fraction of sp³-hybridized carbons (Fsp3) is 0.214. The largest absolute Gasteiger partial charge is 0.342 e. The van der Waals surface area contributed by atoms with Crippen LogP contribution in [0.2, 0.25) is 0 Å². The summed E-state index contributed by atoms with van der Waals surface area (Å²) >= 11 is 0. The average molecular weight is 453 g/mol. The lowest BCUT2D eigenvalue weighted by Gasteiger charge is -2.17. The first-order valence-electron chi connectivity index (χ1n) is 11.2. The number of benzene rings is 2. The summed E-state index contributed by atoms with van der Waals surface area (Å²) in [5.74, 6) is 0.337. The highest BCUT2D eigenvalue weighted by Gasteiger charge is 2.22. The van der Waals surface area contributed by atoms with Crippen LogP contribution in [0.25, 0.3) is 11.1 Å². The topological polar surface area (TPSA) is 98.7 Å². The van der Waals surface area contributed by atoms with Crippen LogP contribution in [0.4, 0.5) is 5.69 Å². The Labute approximate surface area is 199 Å². The summed E-state index contributed by atoms with van der Waals surface area (Å²) in [5, 5.41) is 11.4. The number of anilines is 1. The summed E-state index contributed by atoms with van der Waals surface area (Å²) < 4.78 is 0. The molecule has 6 nitrogen and oxygen atoms in total. The molecule has 0 saturated carbocycles. The van der Waals surface area contributed by atoms with Crippen molar-refractivity contribution in [2.45, 2.75) is 33.6 Å². The van der Waals surface area contributed by atoms with Crippen molar-refractivity contribution in [1.82, 2.24) is 9.97 Å². The van der Waals surface area contributed by atoms with E-state index in [9.17, 15) is 9.59 Å². The molecule has 1 aromatic heterocycles. The van der Waals surface area contributed by atoms with Crippen LogP contribution >= 0.6 is 0 Å². The zero-order valence-corrected chi connectivity index (χ0v) is 19.6. The second-order valence-electron chi connectivity index (χ2n) is 9.68. The first-order chi connectivity index (χ1) is 16.2. The zero-order chi connectivity index (χ0) is 24.3. The molecule has 0 spiro atoms. The van der Waals surface area contributed by atoms with Crippen molar-refractivity contribution in [2.75, 3.05) is 5.32 Å². The van der Waals surface area contributed by atoms with E-state index in [1.54, 1.807) is 12.3 Å². The number of nitrogens with zero attached hydrogens (tertiary/aromatic N) is 1. The Morgan fingerprint density at radius 2 is 1.79 bits per heavy atom. The summed E-state index contributed by atoms with van der Waals surface area (Å²) in [7, 11) is 0. The molecule has 2 aromatic carbocycles. The van der Waals surface area contributed by atoms with Gasteiger partial charge in [0, 0.05) is 41.6 Å². The Morgan fingerprint density at radius 3 is 2.53 bits per heavy atom. The van der Waals surface area contributed by atoms with Crippen molar-refractivity contribution < 1.29 is 9.59 Å². The number of rotatable bonds is 6. The number of nitrogens with one attached hydrogen (secondary N) is 3. The number of allylic oxidation sites excluding steroid dienone is 4. The second-order valence-corrected chi connectivity index (χ2v) is 9.68. The van der Waals surface area contributed by atoms with Gasteiger partial charge in [0.1, 0.15) is 5.82 Å². The quantitative estimate of drug-likeness (QED) is 0.434. The molecule has 0 atom stereocenters. The Kier molecular flexibility index (Phi) is 6.41. The maximum atomic E-state index is 12.7. The van der Waals surface area contributed by atoms with Crippen LogP contribution in [0.1, 0.15) is 49.8 Å². The number of aromatic nitrogens is 2. The van der Waals surface area contributed by atoms with Crippen LogP contribution in [0.15, 0.2) is 72.9 Å². The minimum atomic E-state index is -0.145. The molecular formula is C28H28N4O2. The predicted octanol–water partition coefficient (Wildman–Crippen LogP) is 5.44. The van der Waals surface area contributed by atoms with Gasteiger partial charge in [0.05, 0.1) is 5.71 Å². The van der Waals surface area contributed by atoms with Crippen molar-refractivity contribution >= 4 is 34.2 Å². The zero-order valence-electron chi connectivity index (χ0n) is 19.6. The first kappa shape index (κ1) is 23.1. The van der Waals surface area contributed by atoms with Crippen LogP contribution in [0.3, 0.4) is 0 Å². The Morgan fingerprint density at radius 1 is 1.03 bits per heavy atom. The fourth-order valence-corrected chi connectivity index (χ4v) is 3.87. The van der Waals surface area contributed by atoms with Crippen molar-refractivity contribution in [2.24, 2.45) is 5.41 Å². The van der Waals surface area contributed by atoms with E-state index in [1.165, 1.54) is 6.08 Å². The number of hydrogen-bond acceptors (Lipinski definition) is 4. The molecule has 0 aliphatic heterocycles. The van der Waals surface area contributed by atoms with Crippen molar-refractivity contribution in [3.05, 3.63) is 95.6 Å². The van der Waals surface area contributed by atoms with Gasteiger partial charge in [0.2, 0.25) is 5.91 Å². The minimum Gasteiger partial charge on any atom is -0.342 e. The van der Waals surface area contributed by atoms with Gasteiger partial charge in [0.25, 0.3) is 0 Å². The summed E-state index contributed by atoms with van der Waals surface area (Å²) in [6, 6.07) is 17.1. The number of carbonyl (C=O) groups excluding carboxylic acids is 2. The normalized spacial score (nSPS) is 14.0. The van der Waals surface area contributed by atoms with E-state index in [0.717, 1.165) is 22.5 Å². The molecule has 172 valence electrons. The highest BCUT2D eigenvalue weighted by Crippen LogP contribution is 2.26. The first-order valence-corrected chi connectivity index (χ1v) is 11.2. The molecule has 3 N–H and O–H groups in total. The van der Waals surface area contributed by atoms with Crippen LogP contribution < -0.4 is 5.32 Å². The molecule has 0 saturated heterocycles. The predicted molar refractivity (Wildman–Crippen MR) is 136 cm³/mol. The van der Waals surface area contributed by atoms with Crippen molar-refractivity contribution in [3.8, 4) is 0 Å². The molecule has 1 heterocycles. The molecule has 0 bridgehead atoms. The third-order valence-corrected chi connectivity index (χ3v) is 5.38. The Balaban J connectivity index is 1.46. The van der Waals surface area contributed by atoms with Gasteiger partial charge >= 0.3 is 0 Å². The number of ketones is 1. The van der Waals surface area contributed by atoms with Crippen LogP contribution in [-0.2, 0) is 16.0 Å². The van der Waals surface area contributed by atoms with Gasteiger partial charge in [-0.05, 0) is 40.8 Å². The lowest BCUT2D eigenvalue weighted by molar-refractivity contribution is -0.117. The summed E-state index contributed by atoms with van der Waals surface area (Å²) in [5.41, 5.74) is 4.56. The maximum Gasteiger partial charge on any atom is 0.224 e. The van der Waals surface area contributed by atoms with Gasteiger partial charge in [-0.25, -0.2) is 4.98 Å². The highest BCUT2D eigenvalue weighted by atomic mass is 16.1. The number of aromatic amines is 1. The third kappa shape index (κ3) is 5.64. The maximum absolute atomic E-state index is 12.7. The van der Waals surface area contributed by atoms with Gasteiger partial charge in [-0.15, -0.1) is 0 Å². The minimum absolute atomic E-state index is 0.0104. The van der Waals surface area contributed by atoms with E-state index in [0.29, 0.717) is 29.8 Å². The van der Waals surface area contributed by atoms with Gasteiger partial charge in [-0.1, -0.05) is 63.2 Å². The lowest BCUT2D eigenvalue weighted by Crippen LogP contribution is -2.19. The lowest BCUT2D eigenvalue weighted by atomic mass is 9.91. The van der Waals surface area contributed by atoms with E-state index in [4.69, 9.17) is 5.41 Å². The van der Waals surface area contributed by atoms with Crippen LogP contribution in [-0.4, -0.2) is 27.4 Å². The van der Waals surface area contributed by atoms with E-state index in [1.807, 2.05) is 75.4 Å². The monoisotopic (exact) mass is 452 g/mol. The van der Waals surface area contributed by atoms with E-state index in [-0.39, 0.29) is 22.8 Å². The second kappa shape index (κ2) is 9.43. The van der Waals surface area contributed by atoms with E-state index < -0.39 is 0 Å². The molecule has 1 aliphatic rings. The molecular weight excluding hydrogens is 424 g/mol. The molecule has 34 heavy (non-hydrogen) atoms. The highest BCUT2D eigenvalue weighted by molar-refractivity contribution is 6.44. The Hall–Kier alpha value is -4.06. The SMILES string of the molecule is CC(C)(C)CC(=O)Nc1cccc(Cc2cnc(C3=CC(=O)C(c4ccccc4)=CC3=N)[nH]2)c1. The summed E-state index contributed by atoms with van der Waals surface area (Å²) in [6.07, 6.45) is 5.81. The molecule has 0 unspecified atom stereocenters.